The Morgan fingerprint density at radius 2 is 1.77 bits per heavy atom. The van der Waals surface area contributed by atoms with Gasteiger partial charge in [-0.2, -0.15) is 0 Å². The predicted octanol–water partition coefficient (Wildman–Crippen LogP) is 3.00. The minimum Gasteiger partial charge on any atom is -0.457 e. The monoisotopic (exact) mass is 409 g/mol. The Morgan fingerprint density at radius 1 is 1.03 bits per heavy atom. The largest absolute Gasteiger partial charge is 0.457 e. The molecule has 0 spiro atoms. The maximum atomic E-state index is 12.7. The molecule has 1 saturated heterocycles. The third-order valence-corrected chi connectivity index (χ3v) is 5.53. The van der Waals surface area contributed by atoms with Crippen LogP contribution in [0.25, 0.3) is 0 Å². The van der Waals surface area contributed by atoms with E-state index in [-0.39, 0.29) is 31.0 Å². The second-order valence-corrected chi connectivity index (χ2v) is 7.48. The molecule has 2 heterocycles. The third kappa shape index (κ3) is 4.15. The molecule has 0 bridgehead atoms. The number of benzene rings is 2. The van der Waals surface area contributed by atoms with Crippen LogP contribution in [0.1, 0.15) is 39.1 Å². The first kappa shape index (κ1) is 19.9. The van der Waals surface area contributed by atoms with Crippen LogP contribution in [0.4, 0.5) is 0 Å². The molecule has 0 aliphatic carbocycles. The zero-order valence-corrected chi connectivity index (χ0v) is 16.8. The summed E-state index contributed by atoms with van der Waals surface area (Å²) in [4.78, 5) is 39.2. The van der Waals surface area contributed by atoms with E-state index in [9.17, 15) is 14.4 Å². The van der Waals surface area contributed by atoms with Gasteiger partial charge in [0, 0.05) is 24.2 Å². The van der Waals surface area contributed by atoms with Gasteiger partial charge in [-0.15, -0.1) is 0 Å². The van der Waals surface area contributed by atoms with E-state index in [0.29, 0.717) is 48.6 Å². The Labute approximate surface area is 174 Å². The minimum atomic E-state index is -0.396. The number of ketones is 1. The summed E-state index contributed by atoms with van der Waals surface area (Å²) >= 11 is 0. The first-order valence-electron chi connectivity index (χ1n) is 9.97. The van der Waals surface area contributed by atoms with Crippen LogP contribution in [-0.2, 0) is 9.53 Å². The molecular formula is C23H23NO6. The molecule has 0 radical (unpaired) electrons. The van der Waals surface area contributed by atoms with Crippen molar-refractivity contribution in [3.8, 4) is 11.5 Å². The summed E-state index contributed by atoms with van der Waals surface area (Å²) in [6.07, 6.45) is 1.04. The van der Waals surface area contributed by atoms with Crippen LogP contribution < -0.4 is 9.47 Å². The number of nitrogens with zero attached hydrogens (tertiary/aromatic N) is 1. The van der Waals surface area contributed by atoms with Gasteiger partial charge in [-0.05, 0) is 49.6 Å². The van der Waals surface area contributed by atoms with Gasteiger partial charge in [-0.1, -0.05) is 18.2 Å². The van der Waals surface area contributed by atoms with Crippen molar-refractivity contribution in [2.75, 3.05) is 26.5 Å². The van der Waals surface area contributed by atoms with Gasteiger partial charge < -0.3 is 19.1 Å². The lowest BCUT2D eigenvalue weighted by Gasteiger charge is -2.31. The van der Waals surface area contributed by atoms with Crippen molar-refractivity contribution in [1.82, 2.24) is 4.90 Å². The van der Waals surface area contributed by atoms with Gasteiger partial charge in [0.15, 0.2) is 23.9 Å². The summed E-state index contributed by atoms with van der Waals surface area (Å²) in [6.45, 7) is 2.70. The van der Waals surface area contributed by atoms with Crippen molar-refractivity contribution in [2.45, 2.75) is 19.8 Å². The maximum absolute atomic E-state index is 12.7. The number of piperidine rings is 1. The number of rotatable bonds is 5. The number of hydrogen-bond acceptors (Lipinski definition) is 6. The summed E-state index contributed by atoms with van der Waals surface area (Å²) in [7, 11) is 0. The number of fused-ring (bicyclic) bond motifs is 1. The van der Waals surface area contributed by atoms with Gasteiger partial charge in [0.1, 0.15) is 0 Å². The number of carbonyl (C=O) groups excluding carboxylic acids is 3. The lowest BCUT2D eigenvalue weighted by atomic mass is 9.96. The zero-order chi connectivity index (χ0) is 21.1. The second kappa shape index (κ2) is 8.57. The van der Waals surface area contributed by atoms with Crippen LogP contribution in [0.3, 0.4) is 0 Å². The Balaban J connectivity index is 1.27. The fraction of sp³-hybridized carbons (Fsp3) is 0.348. The smallest absolute Gasteiger partial charge is 0.309 e. The van der Waals surface area contributed by atoms with Gasteiger partial charge in [0.05, 0.1) is 5.92 Å². The Kier molecular flexibility index (Phi) is 5.70. The highest BCUT2D eigenvalue weighted by atomic mass is 16.7. The van der Waals surface area contributed by atoms with Crippen LogP contribution in [0.15, 0.2) is 42.5 Å². The highest BCUT2D eigenvalue weighted by Gasteiger charge is 2.29. The van der Waals surface area contributed by atoms with Gasteiger partial charge in [-0.25, -0.2) is 0 Å². The summed E-state index contributed by atoms with van der Waals surface area (Å²) in [5.41, 5.74) is 2.03. The van der Waals surface area contributed by atoms with Crippen LogP contribution in [0, 0.1) is 12.8 Å². The van der Waals surface area contributed by atoms with Crippen molar-refractivity contribution in [3.63, 3.8) is 0 Å². The first-order chi connectivity index (χ1) is 14.5. The molecule has 30 heavy (non-hydrogen) atoms. The van der Waals surface area contributed by atoms with Crippen LogP contribution in [0.5, 0.6) is 11.5 Å². The lowest BCUT2D eigenvalue weighted by molar-refractivity contribution is -0.148. The SMILES string of the molecule is Cc1ccccc1C(=O)N1CCC(C(=O)OCC(=O)c2ccc3c(c2)OCO3)CC1. The average Bonchev–Trinajstić information content (AvgIpc) is 3.25. The van der Waals surface area contributed by atoms with Crippen molar-refractivity contribution in [3.05, 3.63) is 59.2 Å². The maximum Gasteiger partial charge on any atom is 0.309 e. The van der Waals surface area contributed by atoms with Crippen molar-refractivity contribution < 1.29 is 28.6 Å². The zero-order valence-electron chi connectivity index (χ0n) is 16.8. The molecule has 0 aromatic heterocycles. The molecule has 2 aromatic rings. The van der Waals surface area contributed by atoms with Gasteiger partial charge >= 0.3 is 5.97 Å². The molecule has 156 valence electrons. The number of amides is 1. The van der Waals surface area contributed by atoms with E-state index >= 15 is 0 Å². The molecule has 4 rings (SSSR count). The fourth-order valence-electron chi connectivity index (χ4n) is 3.71. The van der Waals surface area contributed by atoms with Crippen LogP contribution in [0.2, 0.25) is 0 Å². The molecule has 7 nitrogen and oxygen atoms in total. The van der Waals surface area contributed by atoms with Gasteiger partial charge in [-0.3, -0.25) is 14.4 Å². The van der Waals surface area contributed by atoms with Crippen molar-refractivity contribution in [1.29, 1.82) is 0 Å². The molecule has 0 saturated carbocycles. The quantitative estimate of drug-likeness (QED) is 0.558. The standard InChI is InChI=1S/C23H23NO6/c1-15-4-2-3-5-18(15)22(26)24-10-8-16(9-11-24)23(27)28-13-19(25)17-6-7-20-21(12-17)30-14-29-20/h2-7,12,16H,8-11,13-14H2,1H3. The van der Waals surface area contributed by atoms with Crippen molar-refractivity contribution in [2.24, 2.45) is 5.92 Å². The summed E-state index contributed by atoms with van der Waals surface area (Å²) in [5.74, 6) is 0.0858. The highest BCUT2D eigenvalue weighted by Crippen LogP contribution is 2.32. The van der Waals surface area contributed by atoms with Gasteiger partial charge in [0.2, 0.25) is 6.79 Å². The van der Waals surface area contributed by atoms with Crippen LogP contribution >= 0.6 is 0 Å². The van der Waals surface area contributed by atoms with E-state index in [2.05, 4.69) is 0 Å². The number of aryl methyl sites for hydroxylation is 1. The van der Waals surface area contributed by atoms with E-state index in [0.717, 1.165) is 5.56 Å². The molecule has 2 aromatic carbocycles. The minimum absolute atomic E-state index is 0.0158. The van der Waals surface area contributed by atoms with E-state index in [4.69, 9.17) is 14.2 Å². The molecule has 2 aliphatic rings. The molecule has 0 atom stereocenters. The second-order valence-electron chi connectivity index (χ2n) is 7.48. The van der Waals surface area contributed by atoms with E-state index in [1.54, 1.807) is 23.1 Å². The molecule has 1 fully saturated rings. The van der Waals surface area contributed by atoms with E-state index in [1.807, 2.05) is 31.2 Å². The van der Waals surface area contributed by atoms with Crippen molar-refractivity contribution >= 4 is 17.7 Å². The lowest BCUT2D eigenvalue weighted by Crippen LogP contribution is -2.41. The number of carbonyl (C=O) groups is 3. The summed E-state index contributed by atoms with van der Waals surface area (Å²) in [5, 5.41) is 0. The average molecular weight is 409 g/mol. The number of likely N-dealkylation sites (tertiary alicyclic amines) is 1. The van der Waals surface area contributed by atoms with E-state index < -0.39 is 5.97 Å². The number of Topliss-reactive ketones (excluding diaryl/α,β-unsaturated/α-hetero) is 1. The molecule has 2 aliphatic heterocycles. The molecule has 0 unspecified atom stereocenters. The van der Waals surface area contributed by atoms with E-state index in [1.165, 1.54) is 0 Å². The number of esters is 1. The Hall–Kier alpha value is -3.35. The normalized spacial score (nSPS) is 15.7. The fourth-order valence-corrected chi connectivity index (χ4v) is 3.71. The van der Waals surface area contributed by atoms with Crippen LogP contribution in [-0.4, -0.2) is 49.0 Å². The summed E-state index contributed by atoms with van der Waals surface area (Å²) in [6, 6.07) is 12.4. The molecule has 0 N–H and O–H groups in total. The first-order valence-corrected chi connectivity index (χ1v) is 9.97. The predicted molar refractivity (Wildman–Crippen MR) is 108 cm³/mol. The number of ether oxygens (including phenoxy) is 3. The Bertz CT molecular complexity index is 977. The van der Waals surface area contributed by atoms with Gasteiger partial charge in [0.25, 0.3) is 5.91 Å². The molecule has 1 amide bonds. The number of hydrogen-bond donors (Lipinski definition) is 0. The summed E-state index contributed by atoms with van der Waals surface area (Å²) < 4.78 is 15.7. The highest BCUT2D eigenvalue weighted by molar-refractivity contribution is 5.98. The topological polar surface area (TPSA) is 82.1 Å². The molecule has 7 heteroatoms. The third-order valence-electron chi connectivity index (χ3n) is 5.53. The Morgan fingerprint density at radius 3 is 2.53 bits per heavy atom. The molecular weight excluding hydrogens is 386 g/mol.